The van der Waals surface area contributed by atoms with Crippen LogP contribution in [0.3, 0.4) is 0 Å². The standard InChI is InChI=1S/C19H21NO4/c1-22-12-8-9-18(24-3)15(10-12)19(21)20-16-11-14(16)13-6-4-5-7-17(13)23-2/h4-10,14,16H,11H2,1-3H3,(H,20,21). The number of ether oxygens (including phenoxy) is 3. The lowest BCUT2D eigenvalue weighted by atomic mass is 10.1. The highest BCUT2D eigenvalue weighted by molar-refractivity contribution is 5.97. The van der Waals surface area contributed by atoms with Gasteiger partial charge in [-0.15, -0.1) is 0 Å². The van der Waals surface area contributed by atoms with E-state index in [2.05, 4.69) is 5.32 Å². The monoisotopic (exact) mass is 327 g/mol. The van der Waals surface area contributed by atoms with Crippen LogP contribution in [0.15, 0.2) is 42.5 Å². The molecule has 2 unspecified atom stereocenters. The smallest absolute Gasteiger partial charge is 0.255 e. The van der Waals surface area contributed by atoms with Gasteiger partial charge in [0, 0.05) is 12.0 Å². The molecule has 0 saturated heterocycles. The van der Waals surface area contributed by atoms with Crippen molar-refractivity contribution >= 4 is 5.91 Å². The molecule has 5 nitrogen and oxygen atoms in total. The fourth-order valence-corrected chi connectivity index (χ4v) is 2.91. The molecule has 3 rings (SSSR count). The van der Waals surface area contributed by atoms with Crippen molar-refractivity contribution in [2.75, 3.05) is 21.3 Å². The van der Waals surface area contributed by atoms with E-state index in [0.29, 0.717) is 17.1 Å². The summed E-state index contributed by atoms with van der Waals surface area (Å²) in [4.78, 5) is 12.6. The Balaban J connectivity index is 1.73. The first-order chi connectivity index (χ1) is 11.7. The molecule has 1 aliphatic rings. The van der Waals surface area contributed by atoms with Gasteiger partial charge in [0.2, 0.25) is 0 Å². The van der Waals surface area contributed by atoms with Crippen LogP contribution in [-0.4, -0.2) is 33.3 Å². The Morgan fingerprint density at radius 2 is 1.75 bits per heavy atom. The number of benzene rings is 2. The summed E-state index contributed by atoms with van der Waals surface area (Å²) in [5, 5.41) is 3.07. The van der Waals surface area contributed by atoms with E-state index in [1.54, 1.807) is 39.5 Å². The zero-order valence-corrected chi connectivity index (χ0v) is 14.0. The number of hydrogen-bond donors (Lipinski definition) is 1. The SMILES string of the molecule is COc1ccc(OC)c(C(=O)NC2CC2c2ccccc2OC)c1. The van der Waals surface area contributed by atoms with Crippen molar-refractivity contribution in [1.29, 1.82) is 0 Å². The van der Waals surface area contributed by atoms with Gasteiger partial charge in [-0.3, -0.25) is 4.79 Å². The molecule has 0 aliphatic heterocycles. The summed E-state index contributed by atoms with van der Waals surface area (Å²) in [7, 11) is 4.78. The molecule has 1 amide bonds. The second-order valence-corrected chi connectivity index (χ2v) is 5.73. The molecule has 1 fully saturated rings. The minimum atomic E-state index is -0.159. The molecule has 0 heterocycles. The van der Waals surface area contributed by atoms with Gasteiger partial charge in [-0.05, 0) is 36.2 Å². The van der Waals surface area contributed by atoms with Crippen molar-refractivity contribution in [2.24, 2.45) is 0 Å². The predicted molar refractivity (Wildman–Crippen MR) is 91.2 cm³/mol. The van der Waals surface area contributed by atoms with E-state index in [0.717, 1.165) is 17.7 Å². The zero-order valence-electron chi connectivity index (χ0n) is 14.0. The third-order valence-corrected chi connectivity index (χ3v) is 4.30. The second kappa shape index (κ2) is 6.83. The topological polar surface area (TPSA) is 56.8 Å². The lowest BCUT2D eigenvalue weighted by Gasteiger charge is -2.11. The minimum Gasteiger partial charge on any atom is -0.497 e. The Bertz CT molecular complexity index is 744. The summed E-state index contributed by atoms with van der Waals surface area (Å²) < 4.78 is 15.9. The molecular weight excluding hydrogens is 306 g/mol. The third kappa shape index (κ3) is 3.15. The molecule has 1 saturated carbocycles. The van der Waals surface area contributed by atoms with Gasteiger partial charge in [0.1, 0.15) is 17.2 Å². The quantitative estimate of drug-likeness (QED) is 0.886. The van der Waals surface area contributed by atoms with Gasteiger partial charge in [0.15, 0.2) is 0 Å². The molecule has 1 aliphatic carbocycles. The molecule has 0 bridgehead atoms. The van der Waals surface area contributed by atoms with Gasteiger partial charge < -0.3 is 19.5 Å². The van der Waals surface area contributed by atoms with Crippen molar-refractivity contribution < 1.29 is 19.0 Å². The average molecular weight is 327 g/mol. The number of para-hydroxylation sites is 1. The Morgan fingerprint density at radius 3 is 2.46 bits per heavy atom. The summed E-state index contributed by atoms with van der Waals surface area (Å²) in [6.45, 7) is 0. The van der Waals surface area contributed by atoms with E-state index in [1.165, 1.54) is 0 Å². The second-order valence-electron chi connectivity index (χ2n) is 5.73. The van der Waals surface area contributed by atoms with Gasteiger partial charge in [0.25, 0.3) is 5.91 Å². The molecule has 24 heavy (non-hydrogen) atoms. The van der Waals surface area contributed by atoms with Crippen molar-refractivity contribution in [3.05, 3.63) is 53.6 Å². The minimum absolute atomic E-state index is 0.102. The van der Waals surface area contributed by atoms with Crippen LogP contribution in [-0.2, 0) is 0 Å². The highest BCUT2D eigenvalue weighted by atomic mass is 16.5. The van der Waals surface area contributed by atoms with Gasteiger partial charge in [-0.1, -0.05) is 18.2 Å². The van der Waals surface area contributed by atoms with Gasteiger partial charge >= 0.3 is 0 Å². The molecular formula is C19H21NO4. The lowest BCUT2D eigenvalue weighted by Crippen LogP contribution is -2.27. The van der Waals surface area contributed by atoms with E-state index in [4.69, 9.17) is 14.2 Å². The van der Waals surface area contributed by atoms with Crippen LogP contribution >= 0.6 is 0 Å². The average Bonchev–Trinajstić information content (AvgIpc) is 3.39. The van der Waals surface area contributed by atoms with Crippen LogP contribution in [0.25, 0.3) is 0 Å². The number of amides is 1. The Hall–Kier alpha value is -2.69. The molecule has 0 aromatic heterocycles. The van der Waals surface area contributed by atoms with E-state index < -0.39 is 0 Å². The maximum atomic E-state index is 12.6. The summed E-state index contributed by atoms with van der Waals surface area (Å²) in [5.41, 5.74) is 1.60. The summed E-state index contributed by atoms with van der Waals surface area (Å²) >= 11 is 0. The van der Waals surface area contributed by atoms with Crippen molar-refractivity contribution in [3.8, 4) is 17.2 Å². The molecule has 2 atom stereocenters. The largest absolute Gasteiger partial charge is 0.497 e. The normalized spacial score (nSPS) is 18.6. The molecule has 0 spiro atoms. The molecule has 0 radical (unpaired) electrons. The van der Waals surface area contributed by atoms with Crippen LogP contribution in [0.5, 0.6) is 17.2 Å². The number of rotatable bonds is 6. The van der Waals surface area contributed by atoms with Crippen molar-refractivity contribution in [2.45, 2.75) is 18.4 Å². The Kier molecular flexibility index (Phi) is 4.60. The van der Waals surface area contributed by atoms with Crippen LogP contribution < -0.4 is 19.5 Å². The van der Waals surface area contributed by atoms with E-state index in [-0.39, 0.29) is 17.9 Å². The van der Waals surface area contributed by atoms with Crippen LogP contribution in [0, 0.1) is 0 Å². The summed E-state index contributed by atoms with van der Waals surface area (Å²) in [6.07, 6.45) is 0.901. The highest BCUT2D eigenvalue weighted by Gasteiger charge is 2.41. The predicted octanol–water partition coefficient (Wildman–Crippen LogP) is 3.00. The van der Waals surface area contributed by atoms with Gasteiger partial charge in [-0.2, -0.15) is 0 Å². The number of nitrogens with one attached hydrogen (secondary N) is 1. The van der Waals surface area contributed by atoms with E-state index >= 15 is 0 Å². The maximum absolute atomic E-state index is 12.6. The number of hydrogen-bond acceptors (Lipinski definition) is 4. The van der Waals surface area contributed by atoms with Crippen molar-refractivity contribution in [1.82, 2.24) is 5.32 Å². The van der Waals surface area contributed by atoms with E-state index in [9.17, 15) is 4.79 Å². The summed E-state index contributed by atoms with van der Waals surface area (Å²) in [6, 6.07) is 13.2. The highest BCUT2D eigenvalue weighted by Crippen LogP contribution is 2.44. The Labute approximate surface area is 141 Å². The number of carbonyl (C=O) groups is 1. The molecule has 126 valence electrons. The van der Waals surface area contributed by atoms with Gasteiger partial charge in [0.05, 0.1) is 26.9 Å². The fourth-order valence-electron chi connectivity index (χ4n) is 2.91. The van der Waals surface area contributed by atoms with Crippen molar-refractivity contribution in [3.63, 3.8) is 0 Å². The lowest BCUT2D eigenvalue weighted by molar-refractivity contribution is 0.0947. The first-order valence-corrected chi connectivity index (χ1v) is 7.83. The van der Waals surface area contributed by atoms with Crippen LogP contribution in [0.2, 0.25) is 0 Å². The first-order valence-electron chi connectivity index (χ1n) is 7.83. The molecule has 2 aromatic rings. The number of carbonyl (C=O) groups excluding carboxylic acids is 1. The fraction of sp³-hybridized carbons (Fsp3) is 0.316. The maximum Gasteiger partial charge on any atom is 0.255 e. The van der Waals surface area contributed by atoms with Gasteiger partial charge in [-0.25, -0.2) is 0 Å². The molecule has 1 N–H and O–H groups in total. The number of methoxy groups -OCH3 is 3. The first kappa shape index (κ1) is 16.2. The molecule has 2 aromatic carbocycles. The third-order valence-electron chi connectivity index (χ3n) is 4.30. The van der Waals surface area contributed by atoms with E-state index in [1.807, 2.05) is 24.3 Å². The van der Waals surface area contributed by atoms with Crippen LogP contribution in [0.1, 0.15) is 28.3 Å². The molecule has 5 heteroatoms. The van der Waals surface area contributed by atoms with Crippen LogP contribution in [0.4, 0.5) is 0 Å². The Morgan fingerprint density at radius 1 is 1.00 bits per heavy atom. The zero-order chi connectivity index (χ0) is 17.1. The summed E-state index contributed by atoms with van der Waals surface area (Å²) in [5.74, 6) is 2.13.